The van der Waals surface area contributed by atoms with Crippen LogP contribution >= 0.6 is 0 Å². The lowest BCUT2D eigenvalue weighted by atomic mass is 10.1. The minimum absolute atomic E-state index is 0.0699. The number of methoxy groups -OCH3 is 1. The minimum atomic E-state index is -0.697. The third kappa shape index (κ3) is 4.65. The first kappa shape index (κ1) is 13.2. The number of hydrogen-bond donors (Lipinski definition) is 2. The van der Waals surface area contributed by atoms with Gasteiger partial charge in [0, 0.05) is 6.54 Å². The summed E-state index contributed by atoms with van der Waals surface area (Å²) in [6.07, 6.45) is -0.0699. The Hall–Kier alpha value is -1.88. The fourth-order valence-electron chi connectivity index (χ4n) is 1.42. The maximum atomic E-state index is 11.4. The molecule has 1 aromatic carbocycles. The summed E-state index contributed by atoms with van der Waals surface area (Å²) in [6.45, 7) is 0.480. The number of primary amides is 1. The number of ether oxygens (including phenoxy) is 1. The number of rotatable bonds is 6. The molecule has 0 unspecified atom stereocenters. The summed E-state index contributed by atoms with van der Waals surface area (Å²) in [4.78, 5) is 22.2. The van der Waals surface area contributed by atoms with Crippen molar-refractivity contribution in [2.24, 2.45) is 5.73 Å². The summed E-state index contributed by atoms with van der Waals surface area (Å²) >= 11 is 0. The molecule has 1 rings (SSSR count). The second-order valence-electron chi connectivity index (χ2n) is 3.61. The number of nitrogens with two attached hydrogens (primary N) is 1. The molecule has 0 saturated heterocycles. The van der Waals surface area contributed by atoms with E-state index in [1.807, 2.05) is 30.3 Å². The highest BCUT2D eigenvalue weighted by molar-refractivity contribution is 5.84. The fourth-order valence-corrected chi connectivity index (χ4v) is 1.42. The summed E-state index contributed by atoms with van der Waals surface area (Å²) in [5.74, 6) is -1.03. The van der Waals surface area contributed by atoms with Crippen molar-refractivity contribution in [3.8, 4) is 0 Å². The van der Waals surface area contributed by atoms with Crippen LogP contribution in [0.15, 0.2) is 30.3 Å². The first-order valence-electron chi connectivity index (χ1n) is 5.27. The Morgan fingerprint density at radius 2 is 2.00 bits per heavy atom. The van der Waals surface area contributed by atoms with E-state index >= 15 is 0 Å². The van der Waals surface area contributed by atoms with E-state index < -0.39 is 17.9 Å². The van der Waals surface area contributed by atoms with Gasteiger partial charge in [-0.05, 0) is 5.56 Å². The van der Waals surface area contributed by atoms with E-state index in [0.29, 0.717) is 6.54 Å². The Bertz CT molecular complexity index is 379. The molecule has 0 aliphatic heterocycles. The van der Waals surface area contributed by atoms with Crippen LogP contribution in [0.5, 0.6) is 0 Å². The van der Waals surface area contributed by atoms with E-state index in [-0.39, 0.29) is 6.42 Å². The molecular weight excluding hydrogens is 220 g/mol. The van der Waals surface area contributed by atoms with Crippen molar-refractivity contribution in [3.63, 3.8) is 0 Å². The molecule has 0 spiro atoms. The zero-order valence-electron chi connectivity index (χ0n) is 9.68. The van der Waals surface area contributed by atoms with Gasteiger partial charge in [-0.2, -0.15) is 0 Å². The second kappa shape index (κ2) is 6.65. The zero-order chi connectivity index (χ0) is 12.7. The number of carbonyl (C=O) groups is 2. The molecule has 0 saturated carbocycles. The van der Waals surface area contributed by atoms with Crippen LogP contribution in [0.1, 0.15) is 12.0 Å². The quantitative estimate of drug-likeness (QED) is 0.691. The van der Waals surface area contributed by atoms with E-state index in [9.17, 15) is 9.59 Å². The molecule has 0 fully saturated rings. The normalized spacial score (nSPS) is 11.8. The van der Waals surface area contributed by atoms with Crippen molar-refractivity contribution < 1.29 is 14.3 Å². The molecule has 1 amide bonds. The van der Waals surface area contributed by atoms with E-state index in [0.717, 1.165) is 5.56 Å². The van der Waals surface area contributed by atoms with Gasteiger partial charge in [-0.3, -0.25) is 14.9 Å². The highest BCUT2D eigenvalue weighted by Gasteiger charge is 2.20. The maximum Gasteiger partial charge on any atom is 0.323 e. The Labute approximate surface area is 99.9 Å². The Morgan fingerprint density at radius 3 is 2.53 bits per heavy atom. The van der Waals surface area contributed by atoms with Gasteiger partial charge in [0.15, 0.2) is 0 Å². The molecule has 0 aliphatic rings. The molecule has 0 aromatic heterocycles. The molecule has 3 N–H and O–H groups in total. The third-order valence-corrected chi connectivity index (χ3v) is 2.29. The van der Waals surface area contributed by atoms with Gasteiger partial charge in [0.2, 0.25) is 5.91 Å². The summed E-state index contributed by atoms with van der Waals surface area (Å²) in [7, 11) is 1.28. The molecule has 5 heteroatoms. The maximum absolute atomic E-state index is 11.4. The summed E-state index contributed by atoms with van der Waals surface area (Å²) in [5, 5.41) is 2.94. The molecular formula is C12H16N2O3. The monoisotopic (exact) mass is 236 g/mol. The van der Waals surface area contributed by atoms with Crippen molar-refractivity contribution in [2.75, 3.05) is 7.11 Å². The molecule has 1 aromatic rings. The van der Waals surface area contributed by atoms with Crippen LogP contribution < -0.4 is 11.1 Å². The summed E-state index contributed by atoms with van der Waals surface area (Å²) in [5.41, 5.74) is 6.09. The van der Waals surface area contributed by atoms with Gasteiger partial charge in [-0.1, -0.05) is 30.3 Å². The molecule has 0 radical (unpaired) electrons. The molecule has 17 heavy (non-hydrogen) atoms. The molecule has 0 heterocycles. The number of hydrogen-bond acceptors (Lipinski definition) is 4. The van der Waals surface area contributed by atoms with Gasteiger partial charge in [0.25, 0.3) is 0 Å². The van der Waals surface area contributed by atoms with Gasteiger partial charge < -0.3 is 10.5 Å². The smallest absolute Gasteiger partial charge is 0.323 e. The van der Waals surface area contributed by atoms with Gasteiger partial charge in [0.05, 0.1) is 13.5 Å². The largest absolute Gasteiger partial charge is 0.468 e. The topological polar surface area (TPSA) is 81.4 Å². The van der Waals surface area contributed by atoms with Crippen molar-refractivity contribution in [1.29, 1.82) is 0 Å². The third-order valence-electron chi connectivity index (χ3n) is 2.29. The van der Waals surface area contributed by atoms with Crippen LogP contribution in [0.3, 0.4) is 0 Å². The van der Waals surface area contributed by atoms with Crippen LogP contribution in [0, 0.1) is 0 Å². The van der Waals surface area contributed by atoms with Crippen LogP contribution in [-0.2, 0) is 20.9 Å². The fraction of sp³-hybridized carbons (Fsp3) is 0.333. The Kier molecular flexibility index (Phi) is 5.16. The van der Waals surface area contributed by atoms with Crippen molar-refractivity contribution in [1.82, 2.24) is 5.32 Å². The molecule has 1 atom stereocenters. The lowest BCUT2D eigenvalue weighted by Crippen LogP contribution is -2.40. The number of benzene rings is 1. The summed E-state index contributed by atoms with van der Waals surface area (Å²) < 4.78 is 4.59. The highest BCUT2D eigenvalue weighted by Crippen LogP contribution is 2.01. The van der Waals surface area contributed by atoms with E-state index in [2.05, 4.69) is 10.1 Å². The lowest BCUT2D eigenvalue weighted by Gasteiger charge is -2.14. The lowest BCUT2D eigenvalue weighted by molar-refractivity contribution is -0.144. The second-order valence-corrected chi connectivity index (χ2v) is 3.61. The van der Waals surface area contributed by atoms with Gasteiger partial charge in [-0.25, -0.2) is 0 Å². The first-order chi connectivity index (χ1) is 8.13. The van der Waals surface area contributed by atoms with Crippen LogP contribution in [0.25, 0.3) is 0 Å². The van der Waals surface area contributed by atoms with E-state index in [1.165, 1.54) is 7.11 Å². The number of nitrogens with one attached hydrogen (secondary N) is 1. The number of esters is 1. The average molecular weight is 236 g/mol. The SMILES string of the molecule is COC(=O)[C@@H](CC(N)=O)NCc1ccccc1. The Balaban J connectivity index is 2.55. The number of carbonyl (C=O) groups excluding carboxylic acids is 2. The standard InChI is InChI=1S/C12H16N2O3/c1-17-12(16)10(7-11(13)15)14-8-9-5-3-2-4-6-9/h2-6,10,14H,7-8H2,1H3,(H2,13,15)/t10-/m1/s1. The van der Waals surface area contributed by atoms with E-state index in [1.54, 1.807) is 0 Å². The van der Waals surface area contributed by atoms with Gasteiger partial charge in [0.1, 0.15) is 6.04 Å². The van der Waals surface area contributed by atoms with Crippen molar-refractivity contribution in [3.05, 3.63) is 35.9 Å². The highest BCUT2D eigenvalue weighted by atomic mass is 16.5. The van der Waals surface area contributed by atoms with E-state index in [4.69, 9.17) is 5.73 Å². The number of amides is 1. The van der Waals surface area contributed by atoms with Crippen LogP contribution in [0.2, 0.25) is 0 Å². The molecule has 92 valence electrons. The minimum Gasteiger partial charge on any atom is -0.468 e. The molecule has 0 bridgehead atoms. The first-order valence-corrected chi connectivity index (χ1v) is 5.27. The van der Waals surface area contributed by atoms with Gasteiger partial charge >= 0.3 is 5.97 Å². The van der Waals surface area contributed by atoms with Crippen LogP contribution in [0.4, 0.5) is 0 Å². The van der Waals surface area contributed by atoms with Crippen molar-refractivity contribution in [2.45, 2.75) is 19.0 Å². The van der Waals surface area contributed by atoms with Gasteiger partial charge in [-0.15, -0.1) is 0 Å². The molecule has 5 nitrogen and oxygen atoms in total. The van der Waals surface area contributed by atoms with Crippen LogP contribution in [-0.4, -0.2) is 25.0 Å². The predicted octanol–water partition coefficient (Wildman–Crippen LogP) is 0.193. The molecule has 0 aliphatic carbocycles. The Morgan fingerprint density at radius 1 is 1.35 bits per heavy atom. The summed E-state index contributed by atoms with van der Waals surface area (Å²) in [6, 6.07) is 8.86. The van der Waals surface area contributed by atoms with Crippen molar-refractivity contribution >= 4 is 11.9 Å². The predicted molar refractivity (Wildman–Crippen MR) is 62.9 cm³/mol. The zero-order valence-corrected chi connectivity index (χ0v) is 9.68. The average Bonchev–Trinajstić information content (AvgIpc) is 2.34.